The SMILES string of the molecule is COc1ccccc1/C=N\NC(=O)c1cccc(S(=O)(=O)N2CCCC2)c1. The molecule has 0 spiro atoms. The van der Waals surface area contributed by atoms with Crippen LogP contribution in [-0.2, 0) is 10.0 Å². The number of nitrogens with one attached hydrogen (secondary N) is 1. The summed E-state index contributed by atoms with van der Waals surface area (Å²) >= 11 is 0. The van der Waals surface area contributed by atoms with E-state index in [-0.39, 0.29) is 10.5 Å². The molecule has 1 aliphatic heterocycles. The first-order valence-electron chi connectivity index (χ1n) is 8.59. The number of nitrogens with zero attached hydrogens (tertiary/aromatic N) is 2. The van der Waals surface area contributed by atoms with Gasteiger partial charge in [0.2, 0.25) is 10.0 Å². The molecule has 1 aliphatic rings. The molecular weight excluding hydrogens is 366 g/mol. The lowest BCUT2D eigenvalue weighted by Gasteiger charge is -2.15. The third-order valence-corrected chi connectivity index (χ3v) is 6.20. The Balaban J connectivity index is 1.73. The summed E-state index contributed by atoms with van der Waals surface area (Å²) in [4.78, 5) is 12.4. The Morgan fingerprint density at radius 2 is 1.89 bits per heavy atom. The summed E-state index contributed by atoms with van der Waals surface area (Å²) in [6.07, 6.45) is 3.19. The van der Waals surface area contributed by atoms with Crippen LogP contribution in [-0.4, -0.2) is 45.0 Å². The second-order valence-electron chi connectivity index (χ2n) is 6.08. The Labute approximate surface area is 158 Å². The second-order valence-corrected chi connectivity index (χ2v) is 8.02. The number of hydrogen-bond donors (Lipinski definition) is 1. The van der Waals surface area contributed by atoms with E-state index in [4.69, 9.17) is 4.74 Å². The van der Waals surface area contributed by atoms with Crippen molar-refractivity contribution in [1.29, 1.82) is 0 Å². The smallest absolute Gasteiger partial charge is 0.271 e. The predicted octanol–water partition coefficient (Wildman–Crippen LogP) is 2.24. The van der Waals surface area contributed by atoms with Gasteiger partial charge < -0.3 is 4.74 Å². The van der Waals surface area contributed by atoms with Crippen LogP contribution in [0.2, 0.25) is 0 Å². The number of hydrogen-bond acceptors (Lipinski definition) is 5. The summed E-state index contributed by atoms with van der Waals surface area (Å²) in [5, 5.41) is 3.93. The summed E-state index contributed by atoms with van der Waals surface area (Å²) in [7, 11) is -2.02. The van der Waals surface area contributed by atoms with Crippen molar-refractivity contribution < 1.29 is 17.9 Å². The highest BCUT2D eigenvalue weighted by Gasteiger charge is 2.27. The Kier molecular flexibility index (Phi) is 5.88. The summed E-state index contributed by atoms with van der Waals surface area (Å²) in [5.41, 5.74) is 3.36. The molecule has 142 valence electrons. The molecule has 0 radical (unpaired) electrons. The molecule has 1 amide bonds. The van der Waals surface area contributed by atoms with Crippen molar-refractivity contribution in [3.63, 3.8) is 0 Å². The van der Waals surface area contributed by atoms with Crippen LogP contribution in [0.15, 0.2) is 58.5 Å². The molecule has 1 heterocycles. The van der Waals surface area contributed by atoms with Crippen LogP contribution in [0.3, 0.4) is 0 Å². The summed E-state index contributed by atoms with van der Waals surface area (Å²) in [6.45, 7) is 1.03. The molecule has 1 fully saturated rings. The van der Waals surface area contributed by atoms with Crippen LogP contribution in [0.25, 0.3) is 0 Å². The normalized spacial score (nSPS) is 15.1. The molecule has 27 heavy (non-hydrogen) atoms. The zero-order chi connectivity index (χ0) is 19.3. The van der Waals surface area contributed by atoms with E-state index in [1.807, 2.05) is 12.1 Å². The second kappa shape index (κ2) is 8.32. The van der Waals surface area contributed by atoms with Gasteiger partial charge in [0, 0.05) is 24.2 Å². The van der Waals surface area contributed by atoms with Crippen molar-refractivity contribution in [2.75, 3.05) is 20.2 Å². The van der Waals surface area contributed by atoms with E-state index >= 15 is 0 Å². The minimum atomic E-state index is -3.57. The van der Waals surface area contributed by atoms with E-state index in [9.17, 15) is 13.2 Å². The van der Waals surface area contributed by atoms with Crippen LogP contribution < -0.4 is 10.2 Å². The highest BCUT2D eigenvalue weighted by Crippen LogP contribution is 2.21. The number of ether oxygens (including phenoxy) is 1. The van der Waals surface area contributed by atoms with E-state index in [0.717, 1.165) is 12.8 Å². The molecule has 1 N–H and O–H groups in total. The number of rotatable bonds is 6. The van der Waals surface area contributed by atoms with Crippen molar-refractivity contribution in [2.45, 2.75) is 17.7 Å². The van der Waals surface area contributed by atoms with E-state index < -0.39 is 15.9 Å². The maximum Gasteiger partial charge on any atom is 0.271 e. The highest BCUT2D eigenvalue weighted by molar-refractivity contribution is 7.89. The summed E-state index contributed by atoms with van der Waals surface area (Å²) < 4.78 is 31.9. The van der Waals surface area contributed by atoms with E-state index in [0.29, 0.717) is 24.4 Å². The average molecular weight is 387 g/mol. The molecule has 0 unspecified atom stereocenters. The molecule has 0 aliphatic carbocycles. The number of para-hydroxylation sites is 1. The third-order valence-electron chi connectivity index (χ3n) is 4.31. The van der Waals surface area contributed by atoms with Gasteiger partial charge in [0.05, 0.1) is 18.2 Å². The van der Waals surface area contributed by atoms with Crippen LogP contribution in [0.4, 0.5) is 0 Å². The molecule has 2 aromatic rings. The van der Waals surface area contributed by atoms with Gasteiger partial charge in [-0.2, -0.15) is 9.41 Å². The number of benzene rings is 2. The number of carbonyl (C=O) groups excluding carboxylic acids is 1. The lowest BCUT2D eigenvalue weighted by atomic mass is 10.2. The maximum atomic E-state index is 12.6. The Morgan fingerprint density at radius 1 is 1.15 bits per heavy atom. The number of amides is 1. The Bertz CT molecular complexity index is 951. The van der Waals surface area contributed by atoms with E-state index in [2.05, 4.69) is 10.5 Å². The van der Waals surface area contributed by atoms with Crippen LogP contribution >= 0.6 is 0 Å². The molecule has 3 rings (SSSR count). The first-order chi connectivity index (χ1) is 13.0. The molecule has 7 nitrogen and oxygen atoms in total. The van der Waals surface area contributed by atoms with Gasteiger partial charge in [0.1, 0.15) is 5.75 Å². The van der Waals surface area contributed by atoms with Gasteiger partial charge >= 0.3 is 0 Å². The lowest BCUT2D eigenvalue weighted by Crippen LogP contribution is -2.28. The average Bonchev–Trinajstić information content (AvgIpc) is 3.24. The largest absolute Gasteiger partial charge is 0.496 e. The first-order valence-corrected chi connectivity index (χ1v) is 10.0. The van der Waals surface area contributed by atoms with E-state index in [1.54, 1.807) is 31.4 Å². The molecule has 0 saturated carbocycles. The molecular formula is C19H21N3O4S. The third kappa shape index (κ3) is 4.35. The summed E-state index contributed by atoms with van der Waals surface area (Å²) in [6, 6.07) is 13.2. The van der Waals surface area contributed by atoms with Gasteiger partial charge in [0.25, 0.3) is 5.91 Å². The fraction of sp³-hybridized carbons (Fsp3) is 0.263. The van der Waals surface area contributed by atoms with Crippen molar-refractivity contribution in [1.82, 2.24) is 9.73 Å². The highest BCUT2D eigenvalue weighted by atomic mass is 32.2. The monoisotopic (exact) mass is 387 g/mol. The minimum absolute atomic E-state index is 0.116. The Morgan fingerprint density at radius 3 is 2.63 bits per heavy atom. The van der Waals surface area contributed by atoms with Gasteiger partial charge in [-0.05, 0) is 43.2 Å². The maximum absolute atomic E-state index is 12.6. The molecule has 1 saturated heterocycles. The van der Waals surface area contributed by atoms with Crippen molar-refractivity contribution in [2.24, 2.45) is 5.10 Å². The van der Waals surface area contributed by atoms with Gasteiger partial charge in [-0.15, -0.1) is 0 Å². The number of carbonyl (C=O) groups is 1. The number of hydrazone groups is 1. The van der Waals surface area contributed by atoms with Gasteiger partial charge in [-0.3, -0.25) is 4.79 Å². The molecule has 0 aromatic heterocycles. The van der Waals surface area contributed by atoms with Crippen LogP contribution in [0.5, 0.6) is 5.75 Å². The number of methoxy groups -OCH3 is 1. The fourth-order valence-electron chi connectivity index (χ4n) is 2.87. The van der Waals surface area contributed by atoms with Crippen LogP contribution in [0, 0.1) is 0 Å². The standard InChI is InChI=1S/C19H21N3O4S/c1-26-18-10-3-2-7-16(18)14-20-21-19(23)15-8-6-9-17(13-15)27(24,25)22-11-4-5-12-22/h2-3,6-10,13-14H,4-5,11-12H2,1H3,(H,21,23)/b20-14-. The van der Waals surface area contributed by atoms with Gasteiger partial charge in [-0.1, -0.05) is 18.2 Å². The predicted molar refractivity (Wildman–Crippen MR) is 102 cm³/mol. The van der Waals surface area contributed by atoms with Crippen molar-refractivity contribution in [3.8, 4) is 5.75 Å². The Hall–Kier alpha value is -2.71. The number of sulfonamides is 1. The van der Waals surface area contributed by atoms with Crippen molar-refractivity contribution in [3.05, 3.63) is 59.7 Å². The fourth-order valence-corrected chi connectivity index (χ4v) is 4.44. The zero-order valence-electron chi connectivity index (χ0n) is 15.0. The lowest BCUT2D eigenvalue weighted by molar-refractivity contribution is 0.0955. The molecule has 0 atom stereocenters. The topological polar surface area (TPSA) is 88.1 Å². The quantitative estimate of drug-likeness (QED) is 0.608. The zero-order valence-corrected chi connectivity index (χ0v) is 15.8. The van der Waals surface area contributed by atoms with Crippen molar-refractivity contribution >= 4 is 22.1 Å². The van der Waals surface area contributed by atoms with Crippen LogP contribution in [0.1, 0.15) is 28.8 Å². The molecule has 0 bridgehead atoms. The van der Waals surface area contributed by atoms with Gasteiger partial charge in [-0.25, -0.2) is 13.8 Å². The molecule has 2 aromatic carbocycles. The summed E-state index contributed by atoms with van der Waals surface area (Å²) in [5.74, 6) is 0.147. The van der Waals surface area contributed by atoms with E-state index in [1.165, 1.54) is 22.7 Å². The molecule has 8 heteroatoms. The van der Waals surface area contributed by atoms with Gasteiger partial charge in [0.15, 0.2) is 0 Å². The minimum Gasteiger partial charge on any atom is -0.496 e. The first kappa shape index (κ1) is 19.1.